The van der Waals surface area contributed by atoms with E-state index < -0.39 is 0 Å². The Bertz CT molecular complexity index is 1140. The van der Waals surface area contributed by atoms with E-state index in [4.69, 9.17) is 0 Å². The Morgan fingerprint density at radius 1 is 0.696 bits per heavy atom. The molecule has 0 unspecified atom stereocenters. The highest BCUT2D eigenvalue weighted by molar-refractivity contribution is 14.1. The maximum absolute atomic E-state index is 3.74. The van der Waals surface area contributed by atoms with E-state index in [-0.39, 0.29) is 0 Å². The lowest BCUT2D eigenvalue weighted by atomic mass is 10.00. The molecule has 0 nitrogen and oxygen atoms in total. The molecule has 110 valence electrons. The van der Waals surface area contributed by atoms with Gasteiger partial charge in [0.1, 0.15) is 0 Å². The van der Waals surface area contributed by atoms with Gasteiger partial charge >= 0.3 is 0 Å². The van der Waals surface area contributed by atoms with Crippen LogP contribution in [0.4, 0.5) is 0 Å². The summed E-state index contributed by atoms with van der Waals surface area (Å²) >= 11 is 8.08. The summed E-state index contributed by atoms with van der Waals surface area (Å²) in [6.07, 6.45) is 0. The lowest BCUT2D eigenvalue weighted by Gasteiger charge is -2.06. The monoisotopic (exact) mass is 488 g/mol. The molecule has 23 heavy (non-hydrogen) atoms. The van der Waals surface area contributed by atoms with Crippen LogP contribution < -0.4 is 0 Å². The molecular weight excluding hydrogens is 479 g/mol. The third-order valence-corrected chi connectivity index (χ3v) is 7.02. The smallest absolute Gasteiger partial charge is 0.0373 e. The van der Waals surface area contributed by atoms with E-state index in [1.54, 1.807) is 0 Å². The molecule has 0 atom stereocenters. The van der Waals surface area contributed by atoms with E-state index in [0.717, 1.165) is 0 Å². The van der Waals surface area contributed by atoms with Gasteiger partial charge in [-0.2, -0.15) is 0 Å². The Kier molecular flexibility index (Phi) is 3.19. The van der Waals surface area contributed by atoms with Gasteiger partial charge in [-0.3, -0.25) is 0 Å². The summed E-state index contributed by atoms with van der Waals surface area (Å²) < 4.78 is 5.20. The highest BCUT2D eigenvalue weighted by Crippen LogP contribution is 2.44. The number of halogens is 2. The molecule has 0 amide bonds. The molecule has 3 heteroatoms. The Labute approximate surface area is 159 Å². The highest BCUT2D eigenvalue weighted by Gasteiger charge is 2.14. The van der Waals surface area contributed by atoms with Crippen molar-refractivity contribution in [2.24, 2.45) is 0 Å². The van der Waals surface area contributed by atoms with E-state index in [1.807, 2.05) is 11.3 Å². The molecule has 5 aromatic rings. The van der Waals surface area contributed by atoms with Gasteiger partial charge in [-0.1, -0.05) is 64.5 Å². The molecule has 0 radical (unpaired) electrons. The number of thiophene rings is 1. The number of fused-ring (bicyclic) bond motifs is 7. The van der Waals surface area contributed by atoms with Crippen molar-refractivity contribution in [3.05, 3.63) is 68.7 Å². The summed E-state index contributed by atoms with van der Waals surface area (Å²) in [5.74, 6) is 0. The molecule has 1 heterocycles. The largest absolute Gasteiger partial charge is 0.135 e. The van der Waals surface area contributed by atoms with Crippen molar-refractivity contribution in [2.45, 2.75) is 0 Å². The van der Waals surface area contributed by atoms with E-state index in [1.165, 1.54) is 49.8 Å². The van der Waals surface area contributed by atoms with Gasteiger partial charge in [0.15, 0.2) is 0 Å². The average Bonchev–Trinajstić information content (AvgIpc) is 2.93. The zero-order chi connectivity index (χ0) is 15.6. The van der Waals surface area contributed by atoms with Crippen LogP contribution >= 0.6 is 49.9 Å². The van der Waals surface area contributed by atoms with E-state index in [2.05, 4.69) is 99.2 Å². The summed E-state index contributed by atoms with van der Waals surface area (Å²) in [5.41, 5.74) is 0. The second kappa shape index (κ2) is 5.16. The second-order valence-corrected chi connectivity index (χ2v) is 8.76. The predicted octanol–water partition coefficient (Wildman–Crippen LogP) is 7.73. The van der Waals surface area contributed by atoms with Crippen LogP contribution in [0.1, 0.15) is 0 Å². The molecule has 0 N–H and O–H groups in total. The highest BCUT2D eigenvalue weighted by atomic mass is 127. The van der Waals surface area contributed by atoms with Gasteiger partial charge < -0.3 is 0 Å². The fourth-order valence-electron chi connectivity index (χ4n) is 3.41. The zero-order valence-corrected chi connectivity index (χ0v) is 16.5. The Hall–Kier alpha value is -1.17. The molecule has 0 aliphatic heterocycles. The molecule has 0 saturated carbocycles. The minimum Gasteiger partial charge on any atom is -0.135 e. The van der Waals surface area contributed by atoms with Crippen LogP contribution in [0.3, 0.4) is 0 Å². The van der Waals surface area contributed by atoms with Crippen molar-refractivity contribution < 1.29 is 0 Å². The molecular formula is C20H10BrIS. The topological polar surface area (TPSA) is 0 Å². The number of benzene rings is 4. The lowest BCUT2D eigenvalue weighted by Crippen LogP contribution is -1.80. The van der Waals surface area contributed by atoms with E-state index in [0.29, 0.717) is 0 Å². The second-order valence-electron chi connectivity index (χ2n) is 5.66. The first-order chi connectivity index (χ1) is 11.2. The first-order valence-corrected chi connectivity index (χ1v) is 10.0. The maximum atomic E-state index is 3.74. The van der Waals surface area contributed by atoms with Crippen LogP contribution in [-0.2, 0) is 0 Å². The standard InChI is InChI=1S/C20H10BrIS/c21-15-9-17-19(13-7-3-1-5-11(13)15)20-14-8-4-2-6-12(14)16(22)10-18(20)23-17/h1-10H. The molecule has 5 rings (SSSR count). The Balaban J connectivity index is 2.18. The molecule has 0 fully saturated rings. The Morgan fingerprint density at radius 2 is 1.22 bits per heavy atom. The van der Waals surface area contributed by atoms with E-state index in [9.17, 15) is 0 Å². The van der Waals surface area contributed by atoms with Gasteiger partial charge in [-0.15, -0.1) is 11.3 Å². The van der Waals surface area contributed by atoms with Crippen LogP contribution in [-0.4, -0.2) is 0 Å². The minimum absolute atomic E-state index is 1.17. The van der Waals surface area contributed by atoms with E-state index >= 15 is 0 Å². The van der Waals surface area contributed by atoms with Gasteiger partial charge in [-0.05, 0) is 56.3 Å². The van der Waals surface area contributed by atoms with Crippen LogP contribution in [0.15, 0.2) is 65.1 Å². The average molecular weight is 489 g/mol. The van der Waals surface area contributed by atoms with Gasteiger partial charge in [0.05, 0.1) is 0 Å². The van der Waals surface area contributed by atoms with Crippen LogP contribution in [0, 0.1) is 3.57 Å². The van der Waals surface area contributed by atoms with Gasteiger partial charge in [0.25, 0.3) is 0 Å². The molecule has 4 aromatic carbocycles. The van der Waals surface area contributed by atoms with Crippen molar-refractivity contribution in [3.8, 4) is 0 Å². The van der Waals surface area contributed by atoms with Crippen molar-refractivity contribution in [1.29, 1.82) is 0 Å². The summed E-state index contributed by atoms with van der Waals surface area (Å²) in [7, 11) is 0. The third-order valence-electron chi connectivity index (χ3n) is 4.39. The minimum atomic E-state index is 1.17. The summed E-state index contributed by atoms with van der Waals surface area (Å²) in [6, 6.07) is 22.0. The summed E-state index contributed by atoms with van der Waals surface area (Å²) in [5, 5.41) is 8.08. The predicted molar refractivity (Wildman–Crippen MR) is 115 cm³/mol. The molecule has 0 bridgehead atoms. The molecule has 0 aliphatic rings. The molecule has 1 aromatic heterocycles. The summed E-state index contributed by atoms with van der Waals surface area (Å²) in [6.45, 7) is 0. The van der Waals surface area contributed by atoms with Crippen LogP contribution in [0.5, 0.6) is 0 Å². The normalized spacial score (nSPS) is 11.9. The fraction of sp³-hybridized carbons (Fsp3) is 0. The number of hydrogen-bond donors (Lipinski definition) is 0. The fourth-order valence-corrected chi connectivity index (χ4v) is 6.35. The molecule has 0 saturated heterocycles. The Morgan fingerprint density at radius 3 is 1.91 bits per heavy atom. The first-order valence-electron chi connectivity index (χ1n) is 7.35. The lowest BCUT2D eigenvalue weighted by molar-refractivity contribution is 1.77. The van der Waals surface area contributed by atoms with Crippen molar-refractivity contribution in [2.75, 3.05) is 0 Å². The van der Waals surface area contributed by atoms with Crippen LogP contribution in [0.25, 0.3) is 41.7 Å². The van der Waals surface area contributed by atoms with Gasteiger partial charge in [0.2, 0.25) is 0 Å². The number of hydrogen-bond acceptors (Lipinski definition) is 1. The quantitative estimate of drug-likeness (QED) is 0.196. The molecule has 0 aliphatic carbocycles. The van der Waals surface area contributed by atoms with Crippen molar-refractivity contribution >= 4 is 91.6 Å². The number of rotatable bonds is 0. The SMILES string of the molecule is Brc1cc2sc3cc(I)c4ccccc4c3c2c2ccccc12. The van der Waals surface area contributed by atoms with Crippen molar-refractivity contribution in [1.82, 2.24) is 0 Å². The third kappa shape index (κ3) is 2.00. The first kappa shape index (κ1) is 14.2. The zero-order valence-electron chi connectivity index (χ0n) is 11.9. The van der Waals surface area contributed by atoms with Crippen molar-refractivity contribution in [3.63, 3.8) is 0 Å². The van der Waals surface area contributed by atoms with Crippen LogP contribution in [0.2, 0.25) is 0 Å². The molecule has 0 spiro atoms. The van der Waals surface area contributed by atoms with Gasteiger partial charge in [0, 0.05) is 28.2 Å². The maximum Gasteiger partial charge on any atom is 0.0373 e. The summed E-state index contributed by atoms with van der Waals surface area (Å²) in [4.78, 5) is 0. The van der Waals surface area contributed by atoms with Gasteiger partial charge in [-0.25, -0.2) is 0 Å².